The van der Waals surface area contributed by atoms with Crippen molar-refractivity contribution < 1.29 is 4.39 Å². The third kappa shape index (κ3) is 1.54. The zero-order valence-corrected chi connectivity index (χ0v) is 8.33. The minimum Gasteiger partial charge on any atom is -0.399 e. The van der Waals surface area contributed by atoms with E-state index in [1.54, 1.807) is 12.1 Å². The number of nitrogens with two attached hydrogens (primary N) is 1. The quantitative estimate of drug-likeness (QED) is 0.695. The summed E-state index contributed by atoms with van der Waals surface area (Å²) in [5.74, 6) is -0.173. The van der Waals surface area contributed by atoms with Gasteiger partial charge in [0, 0.05) is 18.3 Å². The normalized spacial score (nSPS) is 21.6. The molecule has 2 rings (SSSR count). The van der Waals surface area contributed by atoms with E-state index in [0.717, 1.165) is 19.4 Å². The summed E-state index contributed by atoms with van der Waals surface area (Å²) in [6, 6.07) is 5.18. The van der Waals surface area contributed by atoms with Crippen LogP contribution in [0.4, 0.5) is 15.8 Å². The molecule has 1 aliphatic heterocycles. The number of hydrogen-bond acceptors (Lipinski definition) is 2. The number of halogens is 1. The third-order valence-electron chi connectivity index (χ3n) is 2.83. The van der Waals surface area contributed by atoms with Crippen LogP contribution in [-0.2, 0) is 0 Å². The van der Waals surface area contributed by atoms with Gasteiger partial charge in [-0.25, -0.2) is 4.39 Å². The van der Waals surface area contributed by atoms with Gasteiger partial charge in [0.1, 0.15) is 5.82 Å². The van der Waals surface area contributed by atoms with Crippen LogP contribution in [0.3, 0.4) is 0 Å². The van der Waals surface area contributed by atoms with Gasteiger partial charge >= 0.3 is 0 Å². The highest BCUT2D eigenvalue weighted by Crippen LogP contribution is 2.29. The fraction of sp³-hybridized carbons (Fsp3) is 0.455. The second kappa shape index (κ2) is 3.48. The predicted molar refractivity (Wildman–Crippen MR) is 56.9 cm³/mol. The first kappa shape index (κ1) is 9.31. The van der Waals surface area contributed by atoms with Gasteiger partial charge in [0.25, 0.3) is 0 Å². The van der Waals surface area contributed by atoms with E-state index in [1.807, 2.05) is 0 Å². The van der Waals surface area contributed by atoms with E-state index in [9.17, 15) is 4.39 Å². The predicted octanol–water partition coefficient (Wildman–Crippen LogP) is 2.40. The number of benzene rings is 1. The van der Waals surface area contributed by atoms with Crippen molar-refractivity contribution in [2.45, 2.75) is 25.8 Å². The Hall–Kier alpha value is -1.25. The van der Waals surface area contributed by atoms with E-state index in [-0.39, 0.29) is 5.82 Å². The molecule has 76 valence electrons. The molecule has 0 aliphatic carbocycles. The Labute approximate surface area is 83.5 Å². The van der Waals surface area contributed by atoms with Gasteiger partial charge in [-0.15, -0.1) is 0 Å². The van der Waals surface area contributed by atoms with Crippen LogP contribution in [0.2, 0.25) is 0 Å². The van der Waals surface area contributed by atoms with Crippen LogP contribution < -0.4 is 10.6 Å². The summed E-state index contributed by atoms with van der Waals surface area (Å²) in [5, 5.41) is 0. The number of nitrogen functional groups attached to an aromatic ring is 1. The molecule has 0 bridgehead atoms. The lowest BCUT2D eigenvalue weighted by Gasteiger charge is -2.24. The second-order valence-electron chi connectivity index (χ2n) is 3.90. The van der Waals surface area contributed by atoms with E-state index >= 15 is 0 Å². The van der Waals surface area contributed by atoms with Crippen LogP contribution in [0.15, 0.2) is 18.2 Å². The van der Waals surface area contributed by atoms with Crippen molar-refractivity contribution >= 4 is 11.4 Å². The minimum absolute atomic E-state index is 0.173. The Morgan fingerprint density at radius 3 is 2.93 bits per heavy atom. The largest absolute Gasteiger partial charge is 0.399 e. The highest BCUT2D eigenvalue weighted by molar-refractivity contribution is 5.58. The molecule has 1 atom stereocenters. The highest BCUT2D eigenvalue weighted by atomic mass is 19.1. The van der Waals surface area contributed by atoms with Crippen LogP contribution >= 0.6 is 0 Å². The van der Waals surface area contributed by atoms with E-state index in [0.29, 0.717) is 17.4 Å². The molecule has 0 saturated carbocycles. The second-order valence-corrected chi connectivity index (χ2v) is 3.90. The SMILES string of the molecule is CC1CCCN1c1cc(N)ccc1F. The van der Waals surface area contributed by atoms with Crippen molar-refractivity contribution in [3.63, 3.8) is 0 Å². The minimum atomic E-state index is -0.173. The number of nitrogens with zero attached hydrogens (tertiary/aromatic N) is 1. The molecule has 1 saturated heterocycles. The molecular formula is C11H15FN2. The molecule has 1 heterocycles. The van der Waals surface area contributed by atoms with Crippen molar-refractivity contribution in [3.05, 3.63) is 24.0 Å². The Kier molecular flexibility index (Phi) is 2.32. The summed E-state index contributed by atoms with van der Waals surface area (Å²) in [6.07, 6.45) is 2.27. The molecule has 0 radical (unpaired) electrons. The molecule has 1 aliphatic rings. The zero-order valence-electron chi connectivity index (χ0n) is 8.33. The molecular weight excluding hydrogens is 179 g/mol. The Bertz CT molecular complexity index is 338. The van der Waals surface area contributed by atoms with Crippen molar-refractivity contribution in [3.8, 4) is 0 Å². The first-order chi connectivity index (χ1) is 6.68. The summed E-state index contributed by atoms with van der Waals surface area (Å²) in [5.41, 5.74) is 6.92. The molecule has 0 aromatic heterocycles. The number of rotatable bonds is 1. The molecule has 1 aromatic rings. The average molecular weight is 194 g/mol. The highest BCUT2D eigenvalue weighted by Gasteiger charge is 2.22. The number of anilines is 2. The van der Waals surface area contributed by atoms with Crippen molar-refractivity contribution in [1.82, 2.24) is 0 Å². The lowest BCUT2D eigenvalue weighted by Crippen LogP contribution is -2.27. The molecule has 1 fully saturated rings. The van der Waals surface area contributed by atoms with Crippen LogP contribution in [0.25, 0.3) is 0 Å². The van der Waals surface area contributed by atoms with E-state index < -0.39 is 0 Å². The Morgan fingerprint density at radius 1 is 1.50 bits per heavy atom. The average Bonchev–Trinajstić information content (AvgIpc) is 2.56. The molecule has 2 N–H and O–H groups in total. The monoisotopic (exact) mass is 194 g/mol. The van der Waals surface area contributed by atoms with E-state index in [1.165, 1.54) is 6.07 Å². The van der Waals surface area contributed by atoms with Gasteiger partial charge in [-0.2, -0.15) is 0 Å². The van der Waals surface area contributed by atoms with Gasteiger partial charge in [-0.3, -0.25) is 0 Å². The molecule has 14 heavy (non-hydrogen) atoms. The maximum Gasteiger partial charge on any atom is 0.146 e. The van der Waals surface area contributed by atoms with Crippen LogP contribution in [-0.4, -0.2) is 12.6 Å². The summed E-state index contributed by atoms with van der Waals surface area (Å²) in [7, 11) is 0. The summed E-state index contributed by atoms with van der Waals surface area (Å²) in [6.45, 7) is 3.05. The number of hydrogen-bond donors (Lipinski definition) is 1. The lowest BCUT2D eigenvalue weighted by molar-refractivity contribution is 0.614. The first-order valence-electron chi connectivity index (χ1n) is 5.00. The summed E-state index contributed by atoms with van der Waals surface area (Å²) >= 11 is 0. The molecule has 0 spiro atoms. The third-order valence-corrected chi connectivity index (χ3v) is 2.83. The molecule has 1 aromatic carbocycles. The maximum absolute atomic E-state index is 13.5. The molecule has 0 amide bonds. The maximum atomic E-state index is 13.5. The Morgan fingerprint density at radius 2 is 2.29 bits per heavy atom. The first-order valence-corrected chi connectivity index (χ1v) is 5.00. The van der Waals surface area contributed by atoms with Gasteiger partial charge in [-0.1, -0.05) is 0 Å². The van der Waals surface area contributed by atoms with Crippen LogP contribution in [0, 0.1) is 5.82 Å². The van der Waals surface area contributed by atoms with Gasteiger partial charge in [-0.05, 0) is 38.0 Å². The topological polar surface area (TPSA) is 29.3 Å². The van der Waals surface area contributed by atoms with Gasteiger partial charge in [0.15, 0.2) is 0 Å². The standard InChI is InChI=1S/C11H15FN2/c1-8-3-2-6-14(8)11-7-9(13)4-5-10(11)12/h4-5,7-8H,2-3,6,13H2,1H3. The lowest BCUT2D eigenvalue weighted by atomic mass is 10.2. The van der Waals surface area contributed by atoms with Gasteiger partial charge in [0.05, 0.1) is 5.69 Å². The van der Waals surface area contributed by atoms with Gasteiger partial charge < -0.3 is 10.6 Å². The van der Waals surface area contributed by atoms with E-state index in [2.05, 4.69) is 11.8 Å². The fourth-order valence-corrected chi connectivity index (χ4v) is 2.04. The van der Waals surface area contributed by atoms with Crippen LogP contribution in [0.5, 0.6) is 0 Å². The molecule has 1 unspecified atom stereocenters. The fourth-order valence-electron chi connectivity index (χ4n) is 2.04. The summed E-state index contributed by atoms with van der Waals surface area (Å²) < 4.78 is 13.5. The van der Waals surface area contributed by atoms with Crippen molar-refractivity contribution in [2.75, 3.05) is 17.2 Å². The zero-order chi connectivity index (χ0) is 10.1. The van der Waals surface area contributed by atoms with Crippen molar-refractivity contribution in [1.29, 1.82) is 0 Å². The summed E-state index contributed by atoms with van der Waals surface area (Å²) in [4.78, 5) is 2.09. The van der Waals surface area contributed by atoms with Crippen molar-refractivity contribution in [2.24, 2.45) is 0 Å². The van der Waals surface area contributed by atoms with Gasteiger partial charge in [0.2, 0.25) is 0 Å². The smallest absolute Gasteiger partial charge is 0.146 e. The molecule has 3 heteroatoms. The van der Waals surface area contributed by atoms with E-state index in [4.69, 9.17) is 5.73 Å². The van der Waals surface area contributed by atoms with Crippen LogP contribution in [0.1, 0.15) is 19.8 Å². The Balaban J connectivity index is 2.34. The molecule has 2 nitrogen and oxygen atoms in total.